The molecule has 1 aliphatic rings. The summed E-state index contributed by atoms with van der Waals surface area (Å²) in [6.45, 7) is 5.28. The molecule has 1 aromatic rings. The number of rotatable bonds is 2. The van der Waals surface area contributed by atoms with Crippen LogP contribution in [0, 0.1) is 12.8 Å². The zero-order chi connectivity index (χ0) is 14.0. The summed E-state index contributed by atoms with van der Waals surface area (Å²) in [6, 6.07) is 5.83. The lowest BCUT2D eigenvalue weighted by molar-refractivity contribution is 0.0520. The van der Waals surface area contributed by atoms with E-state index in [1.807, 2.05) is 36.9 Å². The summed E-state index contributed by atoms with van der Waals surface area (Å²) in [5.41, 5.74) is 1.82. The van der Waals surface area contributed by atoms with Crippen molar-refractivity contribution < 1.29 is 9.90 Å². The summed E-state index contributed by atoms with van der Waals surface area (Å²) in [5.74, 6) is 0.407. The number of piperidine rings is 1. The standard InChI is InChI=1S/C15H20BrNO2/c1-10-3-4-14(16)13(9-10)15(19)17-7-5-12(6-8-17)11(2)18/h3-4,9,11-12,18H,5-8H2,1-2H3. The van der Waals surface area contributed by atoms with Gasteiger partial charge < -0.3 is 10.0 Å². The molecule has 1 heterocycles. The molecule has 0 aliphatic carbocycles. The van der Waals surface area contributed by atoms with Crippen LogP contribution >= 0.6 is 15.9 Å². The lowest BCUT2D eigenvalue weighted by Gasteiger charge is -2.33. The van der Waals surface area contributed by atoms with Crippen molar-refractivity contribution in [2.75, 3.05) is 13.1 Å². The molecule has 1 atom stereocenters. The van der Waals surface area contributed by atoms with Crippen molar-refractivity contribution in [3.8, 4) is 0 Å². The highest BCUT2D eigenvalue weighted by atomic mass is 79.9. The third-order valence-corrected chi connectivity index (χ3v) is 4.55. The maximum Gasteiger partial charge on any atom is 0.255 e. The molecule has 0 aromatic heterocycles. The Hall–Kier alpha value is -0.870. The van der Waals surface area contributed by atoms with Gasteiger partial charge in [-0.1, -0.05) is 11.6 Å². The molecule has 0 spiro atoms. The maximum absolute atomic E-state index is 12.5. The van der Waals surface area contributed by atoms with E-state index >= 15 is 0 Å². The molecular weight excluding hydrogens is 306 g/mol. The second-order valence-corrected chi connectivity index (χ2v) is 6.21. The van der Waals surface area contributed by atoms with E-state index in [1.54, 1.807) is 0 Å². The van der Waals surface area contributed by atoms with Gasteiger partial charge in [0.25, 0.3) is 5.91 Å². The van der Waals surface area contributed by atoms with Crippen molar-refractivity contribution in [3.05, 3.63) is 33.8 Å². The third kappa shape index (κ3) is 3.37. The van der Waals surface area contributed by atoms with Gasteiger partial charge in [0, 0.05) is 17.6 Å². The zero-order valence-corrected chi connectivity index (χ0v) is 13.0. The van der Waals surface area contributed by atoms with Gasteiger partial charge in [-0.15, -0.1) is 0 Å². The molecule has 1 unspecified atom stereocenters. The lowest BCUT2D eigenvalue weighted by atomic mass is 9.92. The van der Waals surface area contributed by atoms with E-state index in [9.17, 15) is 9.90 Å². The third-order valence-electron chi connectivity index (χ3n) is 3.86. The van der Waals surface area contributed by atoms with Crippen LogP contribution in [0.15, 0.2) is 22.7 Å². The van der Waals surface area contributed by atoms with Crippen LogP contribution in [0.1, 0.15) is 35.7 Å². The van der Waals surface area contributed by atoms with Crippen molar-refractivity contribution >= 4 is 21.8 Å². The van der Waals surface area contributed by atoms with E-state index in [-0.39, 0.29) is 12.0 Å². The number of hydrogen-bond donors (Lipinski definition) is 1. The van der Waals surface area contributed by atoms with E-state index in [1.165, 1.54) is 0 Å². The number of nitrogens with zero attached hydrogens (tertiary/aromatic N) is 1. The predicted octanol–water partition coefficient (Wildman–Crippen LogP) is 2.99. The van der Waals surface area contributed by atoms with E-state index in [0.29, 0.717) is 5.92 Å². The Balaban J connectivity index is 2.07. The summed E-state index contributed by atoms with van der Waals surface area (Å²) < 4.78 is 0.848. The van der Waals surface area contributed by atoms with E-state index < -0.39 is 0 Å². The summed E-state index contributed by atoms with van der Waals surface area (Å²) >= 11 is 3.45. The van der Waals surface area contributed by atoms with Crippen molar-refractivity contribution in [2.24, 2.45) is 5.92 Å². The molecule has 1 aliphatic heterocycles. The van der Waals surface area contributed by atoms with Gasteiger partial charge in [-0.25, -0.2) is 0 Å². The Morgan fingerprint density at radius 1 is 1.42 bits per heavy atom. The molecule has 3 nitrogen and oxygen atoms in total. The molecule has 4 heteroatoms. The highest BCUT2D eigenvalue weighted by Gasteiger charge is 2.26. The second kappa shape index (κ2) is 6.06. The maximum atomic E-state index is 12.5. The van der Waals surface area contributed by atoms with Gasteiger partial charge in [-0.2, -0.15) is 0 Å². The van der Waals surface area contributed by atoms with E-state index in [2.05, 4.69) is 15.9 Å². The normalized spacial score (nSPS) is 18.4. The molecule has 1 fully saturated rings. The summed E-state index contributed by atoms with van der Waals surface area (Å²) in [7, 11) is 0. The van der Waals surface area contributed by atoms with Gasteiger partial charge in [-0.05, 0) is 60.7 Å². The Kier molecular flexibility index (Phi) is 4.63. The molecule has 1 N–H and O–H groups in total. The van der Waals surface area contributed by atoms with Crippen LogP contribution in [0.2, 0.25) is 0 Å². The first-order valence-electron chi connectivity index (χ1n) is 6.72. The van der Waals surface area contributed by atoms with Crippen LogP contribution in [-0.4, -0.2) is 35.1 Å². The highest BCUT2D eigenvalue weighted by molar-refractivity contribution is 9.10. The van der Waals surface area contributed by atoms with Crippen LogP contribution in [-0.2, 0) is 0 Å². The van der Waals surface area contributed by atoms with Crippen LogP contribution < -0.4 is 0 Å². The molecule has 19 heavy (non-hydrogen) atoms. The average molecular weight is 326 g/mol. The Bertz CT molecular complexity index is 465. The van der Waals surface area contributed by atoms with Gasteiger partial charge >= 0.3 is 0 Å². The Morgan fingerprint density at radius 3 is 2.63 bits per heavy atom. The van der Waals surface area contributed by atoms with Crippen LogP contribution in [0.25, 0.3) is 0 Å². The number of hydrogen-bond acceptors (Lipinski definition) is 2. The number of carbonyl (C=O) groups is 1. The Labute approximate surface area is 122 Å². The number of amides is 1. The van der Waals surface area contributed by atoms with Crippen molar-refractivity contribution in [1.29, 1.82) is 0 Å². The quantitative estimate of drug-likeness (QED) is 0.908. The number of carbonyl (C=O) groups excluding carboxylic acids is 1. The summed E-state index contributed by atoms with van der Waals surface area (Å²) in [5, 5.41) is 9.59. The minimum absolute atomic E-state index is 0.0830. The topological polar surface area (TPSA) is 40.5 Å². The Morgan fingerprint density at radius 2 is 2.05 bits per heavy atom. The van der Waals surface area contributed by atoms with Crippen LogP contribution in [0.5, 0.6) is 0 Å². The SMILES string of the molecule is Cc1ccc(Br)c(C(=O)N2CCC(C(C)O)CC2)c1. The first-order chi connectivity index (χ1) is 8.99. The minimum Gasteiger partial charge on any atom is -0.393 e. The number of aliphatic hydroxyl groups is 1. The van der Waals surface area contributed by atoms with Gasteiger partial charge in [0.05, 0.1) is 11.7 Å². The molecule has 2 rings (SSSR count). The largest absolute Gasteiger partial charge is 0.393 e. The fourth-order valence-electron chi connectivity index (χ4n) is 2.56. The molecule has 0 saturated carbocycles. The van der Waals surface area contributed by atoms with E-state index in [4.69, 9.17) is 0 Å². The fourth-order valence-corrected chi connectivity index (χ4v) is 2.97. The van der Waals surface area contributed by atoms with Crippen molar-refractivity contribution in [3.63, 3.8) is 0 Å². The molecule has 1 amide bonds. The van der Waals surface area contributed by atoms with Gasteiger partial charge in [-0.3, -0.25) is 4.79 Å². The van der Waals surface area contributed by atoms with Gasteiger partial charge in [0.2, 0.25) is 0 Å². The minimum atomic E-state index is -0.275. The molecule has 0 bridgehead atoms. The monoisotopic (exact) mass is 325 g/mol. The number of likely N-dealkylation sites (tertiary alicyclic amines) is 1. The number of halogens is 1. The summed E-state index contributed by atoms with van der Waals surface area (Å²) in [6.07, 6.45) is 1.49. The van der Waals surface area contributed by atoms with Crippen LogP contribution in [0.3, 0.4) is 0 Å². The molecular formula is C15H20BrNO2. The second-order valence-electron chi connectivity index (χ2n) is 5.35. The average Bonchev–Trinajstić information content (AvgIpc) is 2.41. The van der Waals surface area contributed by atoms with Crippen molar-refractivity contribution in [1.82, 2.24) is 4.90 Å². The molecule has 1 aromatic carbocycles. The summed E-state index contributed by atoms with van der Waals surface area (Å²) in [4.78, 5) is 14.4. The lowest BCUT2D eigenvalue weighted by Crippen LogP contribution is -2.40. The van der Waals surface area contributed by atoms with Crippen LogP contribution in [0.4, 0.5) is 0 Å². The molecule has 0 radical (unpaired) electrons. The molecule has 104 valence electrons. The first-order valence-corrected chi connectivity index (χ1v) is 7.52. The predicted molar refractivity (Wildman–Crippen MR) is 79.2 cm³/mol. The number of benzene rings is 1. The van der Waals surface area contributed by atoms with Gasteiger partial charge in [0.15, 0.2) is 0 Å². The number of aryl methyl sites for hydroxylation is 1. The van der Waals surface area contributed by atoms with Crippen molar-refractivity contribution in [2.45, 2.75) is 32.8 Å². The van der Waals surface area contributed by atoms with E-state index in [0.717, 1.165) is 41.5 Å². The van der Waals surface area contributed by atoms with Gasteiger partial charge in [0.1, 0.15) is 0 Å². The number of aliphatic hydroxyl groups excluding tert-OH is 1. The first kappa shape index (κ1) is 14.5. The molecule has 1 saturated heterocycles. The fraction of sp³-hybridized carbons (Fsp3) is 0.533. The zero-order valence-electron chi connectivity index (χ0n) is 11.4. The highest BCUT2D eigenvalue weighted by Crippen LogP contribution is 2.25. The smallest absolute Gasteiger partial charge is 0.255 e.